The van der Waals surface area contributed by atoms with Crippen molar-refractivity contribution in [1.29, 1.82) is 0 Å². The second kappa shape index (κ2) is 5.95. The van der Waals surface area contributed by atoms with E-state index in [0.717, 1.165) is 29.0 Å². The van der Waals surface area contributed by atoms with Crippen molar-refractivity contribution in [1.82, 2.24) is 0 Å². The zero-order valence-corrected chi connectivity index (χ0v) is 11.8. The number of para-hydroxylation sites is 1. The van der Waals surface area contributed by atoms with E-state index in [1.54, 1.807) is 19.2 Å². The molecule has 0 radical (unpaired) electrons. The van der Waals surface area contributed by atoms with Crippen LogP contribution < -0.4 is 4.74 Å². The van der Waals surface area contributed by atoms with Crippen LogP contribution in [0.5, 0.6) is 5.75 Å². The molecular weight excluding hydrogens is 269 g/mol. The lowest BCUT2D eigenvalue weighted by molar-refractivity contribution is 0.0859. The van der Waals surface area contributed by atoms with Gasteiger partial charge in [0, 0.05) is 18.4 Å². The number of rotatable bonds is 4. The van der Waals surface area contributed by atoms with Gasteiger partial charge in [0.05, 0.1) is 12.8 Å². The van der Waals surface area contributed by atoms with E-state index in [0.29, 0.717) is 6.42 Å². The number of hydrogen-bond acceptors (Lipinski definition) is 3. The van der Waals surface area contributed by atoms with Crippen LogP contribution in [0.2, 0.25) is 0 Å². The summed E-state index contributed by atoms with van der Waals surface area (Å²) in [5, 5.41) is 4.17. The largest absolute Gasteiger partial charge is 0.496 e. The van der Waals surface area contributed by atoms with E-state index in [1.165, 1.54) is 12.1 Å². The lowest BCUT2D eigenvalue weighted by Crippen LogP contribution is -2.12. The third-order valence-corrected chi connectivity index (χ3v) is 3.53. The lowest BCUT2D eigenvalue weighted by Gasteiger charge is -2.09. The van der Waals surface area contributed by atoms with Gasteiger partial charge in [-0.15, -0.1) is 0 Å². The van der Waals surface area contributed by atoms with Gasteiger partial charge in [-0.05, 0) is 29.8 Å². The third kappa shape index (κ3) is 3.05. The number of ether oxygens (including phenoxy) is 1. The Morgan fingerprint density at radius 3 is 2.71 bits per heavy atom. The molecule has 0 bridgehead atoms. The second-order valence-corrected chi connectivity index (χ2v) is 5.00. The minimum atomic E-state index is -0.225. The molecule has 2 aromatic rings. The SMILES string of the molecule is COc1ccccc1C1=NOC(Cc2ccc(F)cc2)C1. The van der Waals surface area contributed by atoms with Crippen LogP contribution in [-0.2, 0) is 11.3 Å². The first-order chi connectivity index (χ1) is 10.3. The van der Waals surface area contributed by atoms with Crippen LogP contribution in [0, 0.1) is 5.82 Å². The highest BCUT2D eigenvalue weighted by atomic mass is 19.1. The van der Waals surface area contributed by atoms with Gasteiger partial charge in [-0.3, -0.25) is 0 Å². The molecule has 0 fully saturated rings. The molecule has 3 nitrogen and oxygen atoms in total. The average Bonchev–Trinajstić information content (AvgIpc) is 2.98. The summed E-state index contributed by atoms with van der Waals surface area (Å²) in [4.78, 5) is 5.49. The quantitative estimate of drug-likeness (QED) is 0.859. The minimum absolute atomic E-state index is 0.0182. The third-order valence-electron chi connectivity index (χ3n) is 3.53. The van der Waals surface area contributed by atoms with Gasteiger partial charge in [0.1, 0.15) is 17.7 Å². The number of oxime groups is 1. The molecule has 0 saturated heterocycles. The fraction of sp³-hybridized carbons (Fsp3) is 0.235. The summed E-state index contributed by atoms with van der Waals surface area (Å²) < 4.78 is 18.2. The molecule has 0 spiro atoms. The van der Waals surface area contributed by atoms with Crippen molar-refractivity contribution in [2.75, 3.05) is 7.11 Å². The van der Waals surface area contributed by atoms with E-state index < -0.39 is 0 Å². The predicted octanol–water partition coefficient (Wildman–Crippen LogP) is 3.57. The van der Waals surface area contributed by atoms with Gasteiger partial charge in [0.2, 0.25) is 0 Å². The van der Waals surface area contributed by atoms with Crippen LogP contribution in [0.1, 0.15) is 17.5 Å². The molecule has 0 N–H and O–H groups in total. The minimum Gasteiger partial charge on any atom is -0.496 e. The lowest BCUT2D eigenvalue weighted by atomic mass is 10.00. The van der Waals surface area contributed by atoms with Gasteiger partial charge in [0.25, 0.3) is 0 Å². The predicted molar refractivity (Wildman–Crippen MR) is 79.1 cm³/mol. The summed E-state index contributed by atoms with van der Waals surface area (Å²) in [6.45, 7) is 0. The molecule has 1 unspecified atom stereocenters. The topological polar surface area (TPSA) is 30.8 Å². The Balaban J connectivity index is 1.68. The number of methoxy groups -OCH3 is 1. The summed E-state index contributed by atoms with van der Waals surface area (Å²) in [6.07, 6.45) is 1.41. The summed E-state index contributed by atoms with van der Waals surface area (Å²) >= 11 is 0. The number of hydrogen-bond donors (Lipinski definition) is 0. The van der Waals surface area contributed by atoms with E-state index in [1.807, 2.05) is 24.3 Å². The molecule has 0 amide bonds. The maximum Gasteiger partial charge on any atom is 0.137 e. The first kappa shape index (κ1) is 13.6. The maximum atomic E-state index is 12.9. The Hall–Kier alpha value is -2.36. The Morgan fingerprint density at radius 2 is 1.95 bits per heavy atom. The zero-order chi connectivity index (χ0) is 14.7. The highest BCUT2D eigenvalue weighted by Crippen LogP contribution is 2.25. The fourth-order valence-electron chi connectivity index (χ4n) is 2.46. The van der Waals surface area contributed by atoms with Crippen molar-refractivity contribution < 1.29 is 14.0 Å². The first-order valence-electron chi connectivity index (χ1n) is 6.87. The van der Waals surface area contributed by atoms with E-state index in [2.05, 4.69) is 5.16 Å². The van der Waals surface area contributed by atoms with Crippen LogP contribution in [0.15, 0.2) is 53.7 Å². The van der Waals surface area contributed by atoms with Crippen molar-refractivity contribution in [3.8, 4) is 5.75 Å². The molecule has 0 aliphatic carbocycles. The monoisotopic (exact) mass is 285 g/mol. The van der Waals surface area contributed by atoms with Crippen LogP contribution in [0.25, 0.3) is 0 Å². The van der Waals surface area contributed by atoms with Gasteiger partial charge in [-0.25, -0.2) is 4.39 Å². The van der Waals surface area contributed by atoms with Gasteiger partial charge in [-0.2, -0.15) is 0 Å². The fourth-order valence-corrected chi connectivity index (χ4v) is 2.46. The normalized spacial score (nSPS) is 17.2. The summed E-state index contributed by atoms with van der Waals surface area (Å²) in [7, 11) is 1.64. The van der Waals surface area contributed by atoms with Crippen molar-refractivity contribution in [2.45, 2.75) is 18.9 Å². The zero-order valence-electron chi connectivity index (χ0n) is 11.8. The van der Waals surface area contributed by atoms with Crippen molar-refractivity contribution in [2.24, 2.45) is 5.16 Å². The van der Waals surface area contributed by atoms with Gasteiger partial charge in [0.15, 0.2) is 0 Å². The Labute approximate surface area is 123 Å². The highest BCUT2D eigenvalue weighted by molar-refractivity contribution is 6.03. The molecule has 0 aromatic heterocycles. The van der Waals surface area contributed by atoms with Gasteiger partial charge < -0.3 is 9.57 Å². The van der Waals surface area contributed by atoms with Crippen molar-refractivity contribution >= 4 is 5.71 Å². The standard InChI is InChI=1S/C17H16FNO2/c1-20-17-5-3-2-4-15(17)16-11-14(21-19-16)10-12-6-8-13(18)9-7-12/h2-9,14H,10-11H2,1H3. The van der Waals surface area contributed by atoms with E-state index in [4.69, 9.17) is 9.57 Å². The molecule has 1 atom stereocenters. The molecule has 108 valence electrons. The van der Waals surface area contributed by atoms with E-state index in [-0.39, 0.29) is 11.9 Å². The van der Waals surface area contributed by atoms with Gasteiger partial charge >= 0.3 is 0 Å². The molecule has 1 aliphatic rings. The smallest absolute Gasteiger partial charge is 0.137 e. The van der Waals surface area contributed by atoms with Crippen molar-refractivity contribution in [3.05, 3.63) is 65.5 Å². The van der Waals surface area contributed by atoms with E-state index >= 15 is 0 Å². The molecule has 4 heteroatoms. The second-order valence-electron chi connectivity index (χ2n) is 5.00. The van der Waals surface area contributed by atoms with Crippen LogP contribution in [0.4, 0.5) is 4.39 Å². The summed E-state index contributed by atoms with van der Waals surface area (Å²) in [5.74, 6) is 0.569. The van der Waals surface area contributed by atoms with E-state index in [9.17, 15) is 4.39 Å². The van der Waals surface area contributed by atoms with Crippen LogP contribution >= 0.6 is 0 Å². The molecule has 3 rings (SSSR count). The molecule has 21 heavy (non-hydrogen) atoms. The first-order valence-corrected chi connectivity index (χ1v) is 6.87. The van der Waals surface area contributed by atoms with Gasteiger partial charge in [-0.1, -0.05) is 29.4 Å². The van der Waals surface area contributed by atoms with Crippen LogP contribution in [-0.4, -0.2) is 18.9 Å². The molecular formula is C17H16FNO2. The van der Waals surface area contributed by atoms with Crippen molar-refractivity contribution in [3.63, 3.8) is 0 Å². The number of benzene rings is 2. The molecule has 0 saturated carbocycles. The average molecular weight is 285 g/mol. The Kier molecular flexibility index (Phi) is 3.86. The Bertz CT molecular complexity index is 652. The maximum absolute atomic E-state index is 12.9. The highest BCUT2D eigenvalue weighted by Gasteiger charge is 2.24. The Morgan fingerprint density at radius 1 is 1.19 bits per heavy atom. The molecule has 2 aromatic carbocycles. The van der Waals surface area contributed by atoms with Crippen LogP contribution in [0.3, 0.4) is 0 Å². The molecule has 1 aliphatic heterocycles. The number of halogens is 1. The number of nitrogens with zero attached hydrogens (tertiary/aromatic N) is 1. The molecule has 1 heterocycles. The summed E-state index contributed by atoms with van der Waals surface area (Å²) in [5.41, 5.74) is 2.89. The summed E-state index contributed by atoms with van der Waals surface area (Å²) in [6, 6.07) is 14.2.